The third-order valence-electron chi connectivity index (χ3n) is 2.88. The molecule has 0 aliphatic carbocycles. The normalized spacial score (nSPS) is 10.7. The number of anilines is 1. The van der Waals surface area contributed by atoms with E-state index in [2.05, 4.69) is 10.2 Å². The molecule has 0 spiro atoms. The van der Waals surface area contributed by atoms with Crippen LogP contribution in [0.2, 0.25) is 0 Å². The Morgan fingerprint density at radius 1 is 1.30 bits per heavy atom. The molecule has 0 fully saturated rings. The summed E-state index contributed by atoms with van der Waals surface area (Å²) in [6.45, 7) is 5.82. The Labute approximate surface area is 120 Å². The first-order valence-corrected chi connectivity index (χ1v) is 7.03. The fraction of sp³-hybridized carbons (Fsp3) is 0.533. The van der Waals surface area contributed by atoms with Crippen molar-refractivity contribution < 1.29 is 9.18 Å². The van der Waals surface area contributed by atoms with Gasteiger partial charge < -0.3 is 16.0 Å². The molecule has 0 atom stereocenters. The molecule has 0 aliphatic rings. The van der Waals surface area contributed by atoms with Crippen molar-refractivity contribution >= 4 is 11.6 Å². The highest BCUT2D eigenvalue weighted by Crippen LogP contribution is 2.15. The van der Waals surface area contributed by atoms with E-state index in [4.69, 9.17) is 5.73 Å². The molecule has 0 heterocycles. The highest BCUT2D eigenvalue weighted by atomic mass is 19.1. The number of hydrogen-bond donors (Lipinski definition) is 2. The summed E-state index contributed by atoms with van der Waals surface area (Å²) in [7, 11) is 0. The minimum Gasteiger partial charge on any atom is -0.371 e. The molecule has 0 aliphatic heterocycles. The maximum atomic E-state index is 13.0. The predicted molar refractivity (Wildman–Crippen MR) is 80.2 cm³/mol. The predicted octanol–water partition coefficient (Wildman–Crippen LogP) is 1.90. The van der Waals surface area contributed by atoms with Gasteiger partial charge in [0.1, 0.15) is 5.82 Å². The standard InChI is InChI=1S/C15H24FN3O/c1-12(2)18-15(20)8-11-19(10-3-9-17)14-6-4-13(16)5-7-14/h4-7,12H,3,8-11,17H2,1-2H3,(H,18,20). The van der Waals surface area contributed by atoms with Crippen LogP contribution >= 0.6 is 0 Å². The van der Waals surface area contributed by atoms with E-state index in [1.54, 1.807) is 12.1 Å². The van der Waals surface area contributed by atoms with Crippen LogP contribution in [0.25, 0.3) is 0 Å². The molecule has 0 radical (unpaired) electrons. The summed E-state index contributed by atoms with van der Waals surface area (Å²) in [4.78, 5) is 13.8. The Hall–Kier alpha value is -1.62. The molecule has 3 N–H and O–H groups in total. The lowest BCUT2D eigenvalue weighted by Crippen LogP contribution is -2.35. The van der Waals surface area contributed by atoms with E-state index in [-0.39, 0.29) is 17.8 Å². The van der Waals surface area contributed by atoms with Gasteiger partial charge in [-0.2, -0.15) is 0 Å². The van der Waals surface area contributed by atoms with E-state index >= 15 is 0 Å². The van der Waals surface area contributed by atoms with Crippen LogP contribution in [0.15, 0.2) is 24.3 Å². The molecular weight excluding hydrogens is 257 g/mol. The van der Waals surface area contributed by atoms with Gasteiger partial charge in [0.15, 0.2) is 0 Å². The average molecular weight is 281 g/mol. The van der Waals surface area contributed by atoms with Gasteiger partial charge in [-0.1, -0.05) is 0 Å². The third kappa shape index (κ3) is 6.02. The van der Waals surface area contributed by atoms with Crippen molar-refractivity contribution in [1.82, 2.24) is 5.32 Å². The van der Waals surface area contributed by atoms with Crippen molar-refractivity contribution in [2.75, 3.05) is 24.5 Å². The van der Waals surface area contributed by atoms with Crippen molar-refractivity contribution in [2.45, 2.75) is 32.7 Å². The van der Waals surface area contributed by atoms with Gasteiger partial charge in [0, 0.05) is 31.2 Å². The summed E-state index contributed by atoms with van der Waals surface area (Å²) in [6.07, 6.45) is 1.25. The highest BCUT2D eigenvalue weighted by molar-refractivity contribution is 5.76. The van der Waals surface area contributed by atoms with Crippen LogP contribution in [0, 0.1) is 5.82 Å². The number of carbonyl (C=O) groups excluding carboxylic acids is 1. The SMILES string of the molecule is CC(C)NC(=O)CCN(CCCN)c1ccc(F)cc1. The molecule has 112 valence electrons. The first-order chi connectivity index (χ1) is 9.52. The smallest absolute Gasteiger partial charge is 0.221 e. The molecular formula is C15H24FN3O. The van der Waals surface area contributed by atoms with Crippen molar-refractivity contribution in [3.05, 3.63) is 30.1 Å². The third-order valence-corrected chi connectivity index (χ3v) is 2.88. The molecule has 1 rings (SSSR count). The quantitative estimate of drug-likeness (QED) is 0.765. The number of hydrogen-bond acceptors (Lipinski definition) is 3. The zero-order valence-corrected chi connectivity index (χ0v) is 12.2. The second-order valence-electron chi connectivity index (χ2n) is 5.08. The van der Waals surface area contributed by atoms with Crippen LogP contribution in [0.4, 0.5) is 10.1 Å². The van der Waals surface area contributed by atoms with Gasteiger partial charge >= 0.3 is 0 Å². The van der Waals surface area contributed by atoms with Gasteiger partial charge in [-0.3, -0.25) is 4.79 Å². The van der Waals surface area contributed by atoms with E-state index in [0.29, 0.717) is 19.5 Å². The van der Waals surface area contributed by atoms with E-state index in [1.165, 1.54) is 12.1 Å². The molecule has 0 unspecified atom stereocenters. The topological polar surface area (TPSA) is 58.4 Å². The second-order valence-corrected chi connectivity index (χ2v) is 5.08. The van der Waals surface area contributed by atoms with Crippen molar-refractivity contribution in [3.8, 4) is 0 Å². The lowest BCUT2D eigenvalue weighted by molar-refractivity contribution is -0.121. The summed E-state index contributed by atoms with van der Waals surface area (Å²) < 4.78 is 13.0. The Kier molecular flexibility index (Phi) is 7.01. The number of carbonyl (C=O) groups is 1. The number of halogens is 1. The number of benzene rings is 1. The molecule has 0 saturated heterocycles. The zero-order valence-electron chi connectivity index (χ0n) is 12.2. The molecule has 1 amide bonds. The first kappa shape index (κ1) is 16.4. The molecule has 0 aromatic heterocycles. The summed E-state index contributed by atoms with van der Waals surface area (Å²) in [5, 5.41) is 2.86. The van der Waals surface area contributed by atoms with Crippen molar-refractivity contribution in [1.29, 1.82) is 0 Å². The van der Waals surface area contributed by atoms with Gasteiger partial charge in [0.2, 0.25) is 5.91 Å². The van der Waals surface area contributed by atoms with Gasteiger partial charge in [-0.25, -0.2) is 4.39 Å². The molecule has 1 aromatic carbocycles. The Bertz CT molecular complexity index is 406. The van der Waals surface area contributed by atoms with E-state index in [1.807, 2.05) is 13.8 Å². The first-order valence-electron chi connectivity index (χ1n) is 7.03. The van der Waals surface area contributed by atoms with E-state index in [9.17, 15) is 9.18 Å². The summed E-state index contributed by atoms with van der Waals surface area (Å²) in [5.74, 6) is -0.232. The van der Waals surface area contributed by atoms with Crippen LogP contribution in [0.3, 0.4) is 0 Å². The highest BCUT2D eigenvalue weighted by Gasteiger charge is 2.10. The number of rotatable bonds is 8. The molecule has 5 heteroatoms. The molecule has 4 nitrogen and oxygen atoms in total. The maximum absolute atomic E-state index is 13.0. The van der Waals surface area contributed by atoms with E-state index in [0.717, 1.165) is 18.7 Å². The van der Waals surface area contributed by atoms with Crippen LogP contribution in [0.5, 0.6) is 0 Å². The fourth-order valence-corrected chi connectivity index (χ4v) is 1.93. The van der Waals surface area contributed by atoms with Crippen LogP contribution in [0.1, 0.15) is 26.7 Å². The zero-order chi connectivity index (χ0) is 15.0. The lowest BCUT2D eigenvalue weighted by Gasteiger charge is -2.24. The molecule has 0 saturated carbocycles. The lowest BCUT2D eigenvalue weighted by atomic mass is 10.2. The summed E-state index contributed by atoms with van der Waals surface area (Å²) in [6, 6.07) is 6.46. The Morgan fingerprint density at radius 3 is 2.50 bits per heavy atom. The maximum Gasteiger partial charge on any atom is 0.221 e. The van der Waals surface area contributed by atoms with Gasteiger partial charge in [-0.15, -0.1) is 0 Å². The monoisotopic (exact) mass is 281 g/mol. The molecule has 20 heavy (non-hydrogen) atoms. The number of nitrogens with zero attached hydrogens (tertiary/aromatic N) is 1. The number of nitrogens with one attached hydrogen (secondary N) is 1. The van der Waals surface area contributed by atoms with Crippen LogP contribution in [-0.2, 0) is 4.79 Å². The average Bonchev–Trinajstić information content (AvgIpc) is 2.39. The van der Waals surface area contributed by atoms with Crippen molar-refractivity contribution in [3.63, 3.8) is 0 Å². The fourth-order valence-electron chi connectivity index (χ4n) is 1.93. The van der Waals surface area contributed by atoms with Gasteiger partial charge in [0.25, 0.3) is 0 Å². The summed E-state index contributed by atoms with van der Waals surface area (Å²) >= 11 is 0. The van der Waals surface area contributed by atoms with E-state index < -0.39 is 0 Å². The van der Waals surface area contributed by atoms with Crippen LogP contribution < -0.4 is 16.0 Å². The number of nitrogens with two attached hydrogens (primary N) is 1. The second kappa shape index (κ2) is 8.53. The van der Waals surface area contributed by atoms with Crippen molar-refractivity contribution in [2.24, 2.45) is 5.73 Å². The molecule has 0 bridgehead atoms. The summed E-state index contributed by atoms with van der Waals surface area (Å²) in [5.41, 5.74) is 6.45. The minimum absolute atomic E-state index is 0.0276. The molecule has 1 aromatic rings. The van der Waals surface area contributed by atoms with Gasteiger partial charge in [0.05, 0.1) is 0 Å². The van der Waals surface area contributed by atoms with Gasteiger partial charge in [-0.05, 0) is 51.1 Å². The Morgan fingerprint density at radius 2 is 1.95 bits per heavy atom. The largest absolute Gasteiger partial charge is 0.371 e. The minimum atomic E-state index is -0.259. The van der Waals surface area contributed by atoms with Crippen LogP contribution in [-0.4, -0.2) is 31.6 Å². The number of amides is 1. The Balaban J connectivity index is 2.60.